The van der Waals surface area contributed by atoms with Crippen LogP contribution in [0.1, 0.15) is 43.0 Å². The Labute approximate surface area is 161 Å². The van der Waals surface area contributed by atoms with Crippen LogP contribution in [-0.2, 0) is 6.54 Å². The van der Waals surface area contributed by atoms with Crippen molar-refractivity contribution in [3.63, 3.8) is 0 Å². The Balaban J connectivity index is 1.65. The maximum atomic E-state index is 13.1. The van der Waals surface area contributed by atoms with Gasteiger partial charge in [-0.2, -0.15) is 5.10 Å². The monoisotopic (exact) mass is 367 g/mol. The molecule has 1 atom stereocenters. The minimum atomic E-state index is 0.0850. The van der Waals surface area contributed by atoms with Crippen LogP contribution >= 0.6 is 0 Å². The van der Waals surface area contributed by atoms with Gasteiger partial charge in [-0.25, -0.2) is 4.98 Å². The van der Waals surface area contributed by atoms with E-state index in [4.69, 9.17) is 0 Å². The Morgan fingerprint density at radius 2 is 2.22 bits per heavy atom. The number of carbonyl (C=O) groups is 1. The Morgan fingerprint density at radius 1 is 1.37 bits per heavy atom. The third kappa shape index (κ3) is 4.96. The van der Waals surface area contributed by atoms with Crippen molar-refractivity contribution in [2.75, 3.05) is 25.0 Å². The number of carbonyl (C=O) groups excluding carboxylic acids is 1. The fraction of sp³-hybridized carbons (Fsp3) is 0.476. The van der Waals surface area contributed by atoms with Gasteiger partial charge in [-0.3, -0.25) is 9.48 Å². The first-order valence-electron chi connectivity index (χ1n) is 9.64. The third-order valence-corrected chi connectivity index (χ3v) is 5.03. The highest BCUT2D eigenvalue weighted by Gasteiger charge is 2.27. The van der Waals surface area contributed by atoms with Gasteiger partial charge in [0.1, 0.15) is 5.82 Å². The summed E-state index contributed by atoms with van der Waals surface area (Å²) in [4.78, 5) is 21.6. The SMILES string of the molecule is C=C(C)CN(C)c1ccc(C(=O)N2CCCC[C@H]2CCn2cccn2)cn1. The average molecular weight is 367 g/mol. The van der Waals surface area contributed by atoms with Crippen LogP contribution in [0.2, 0.25) is 0 Å². The predicted molar refractivity (Wildman–Crippen MR) is 108 cm³/mol. The quantitative estimate of drug-likeness (QED) is 0.704. The second kappa shape index (κ2) is 8.84. The van der Waals surface area contributed by atoms with Gasteiger partial charge < -0.3 is 9.80 Å². The summed E-state index contributed by atoms with van der Waals surface area (Å²) in [5.74, 6) is 0.935. The molecule has 6 nitrogen and oxygen atoms in total. The lowest BCUT2D eigenvalue weighted by Gasteiger charge is -2.36. The van der Waals surface area contributed by atoms with Gasteiger partial charge >= 0.3 is 0 Å². The number of nitrogens with zero attached hydrogens (tertiary/aromatic N) is 5. The largest absolute Gasteiger partial charge is 0.356 e. The first-order valence-corrected chi connectivity index (χ1v) is 9.64. The summed E-state index contributed by atoms with van der Waals surface area (Å²) in [5.41, 5.74) is 1.74. The Morgan fingerprint density at radius 3 is 2.89 bits per heavy atom. The molecule has 0 saturated carbocycles. The fourth-order valence-corrected chi connectivity index (χ4v) is 3.67. The van der Waals surface area contributed by atoms with E-state index in [2.05, 4.69) is 16.7 Å². The summed E-state index contributed by atoms with van der Waals surface area (Å²) in [6.07, 6.45) is 9.69. The van der Waals surface area contributed by atoms with Crippen LogP contribution in [0.25, 0.3) is 0 Å². The number of rotatable bonds is 7. The van der Waals surface area contributed by atoms with Crippen molar-refractivity contribution in [2.45, 2.75) is 45.2 Å². The van der Waals surface area contributed by atoms with Gasteiger partial charge in [-0.15, -0.1) is 0 Å². The molecule has 1 saturated heterocycles. The summed E-state index contributed by atoms with van der Waals surface area (Å²) in [6.45, 7) is 8.34. The highest BCUT2D eigenvalue weighted by Crippen LogP contribution is 2.23. The Hall–Kier alpha value is -2.63. The van der Waals surface area contributed by atoms with E-state index in [0.29, 0.717) is 5.56 Å². The van der Waals surface area contributed by atoms with Gasteiger partial charge in [0.2, 0.25) is 0 Å². The second-order valence-corrected chi connectivity index (χ2v) is 7.42. The number of pyridine rings is 1. The lowest BCUT2D eigenvalue weighted by molar-refractivity contribution is 0.0593. The summed E-state index contributed by atoms with van der Waals surface area (Å²) < 4.78 is 1.94. The van der Waals surface area contributed by atoms with Crippen LogP contribution in [0.5, 0.6) is 0 Å². The van der Waals surface area contributed by atoms with E-state index in [1.807, 2.05) is 52.8 Å². The number of likely N-dealkylation sites (N-methyl/N-ethyl adjacent to an activating group) is 1. The van der Waals surface area contributed by atoms with Crippen LogP contribution in [0.4, 0.5) is 5.82 Å². The number of amides is 1. The van der Waals surface area contributed by atoms with E-state index in [9.17, 15) is 4.79 Å². The van der Waals surface area contributed by atoms with Crippen molar-refractivity contribution in [3.05, 3.63) is 54.5 Å². The summed E-state index contributed by atoms with van der Waals surface area (Å²) in [5, 5.41) is 4.27. The van der Waals surface area contributed by atoms with Crippen molar-refractivity contribution >= 4 is 11.7 Å². The lowest BCUT2D eigenvalue weighted by Crippen LogP contribution is -2.44. The highest BCUT2D eigenvalue weighted by atomic mass is 16.2. The number of aromatic nitrogens is 3. The van der Waals surface area contributed by atoms with Crippen molar-refractivity contribution in [2.24, 2.45) is 0 Å². The van der Waals surface area contributed by atoms with E-state index in [1.165, 1.54) is 6.42 Å². The first-order chi connectivity index (χ1) is 13.0. The molecular formula is C21H29N5O. The molecule has 1 amide bonds. The predicted octanol–water partition coefficient (Wildman–Crippen LogP) is 3.38. The van der Waals surface area contributed by atoms with E-state index >= 15 is 0 Å². The van der Waals surface area contributed by atoms with Crippen LogP contribution in [-0.4, -0.2) is 51.8 Å². The summed E-state index contributed by atoms with van der Waals surface area (Å²) in [7, 11) is 1.98. The maximum Gasteiger partial charge on any atom is 0.255 e. The smallest absolute Gasteiger partial charge is 0.255 e. The lowest BCUT2D eigenvalue weighted by atomic mass is 9.98. The molecule has 0 bridgehead atoms. The number of hydrogen-bond acceptors (Lipinski definition) is 4. The standard InChI is InChI=1S/C21H29N5O/c1-17(2)16-24(3)20-9-8-18(15-22-20)21(27)26-13-5-4-7-19(26)10-14-25-12-6-11-23-25/h6,8-9,11-12,15,19H,1,4-5,7,10,13-14,16H2,2-3H3/t19-/m0/s1. The highest BCUT2D eigenvalue weighted by molar-refractivity contribution is 5.94. The molecule has 0 spiro atoms. The van der Waals surface area contributed by atoms with E-state index in [0.717, 1.165) is 50.3 Å². The zero-order valence-corrected chi connectivity index (χ0v) is 16.3. The Kier molecular flexibility index (Phi) is 6.27. The topological polar surface area (TPSA) is 54.3 Å². The first kappa shape index (κ1) is 19.1. The summed E-state index contributed by atoms with van der Waals surface area (Å²) >= 11 is 0. The van der Waals surface area contributed by atoms with Crippen LogP contribution in [0.15, 0.2) is 48.9 Å². The molecular weight excluding hydrogens is 338 g/mol. The minimum Gasteiger partial charge on any atom is -0.356 e. The van der Waals surface area contributed by atoms with Crippen LogP contribution in [0, 0.1) is 0 Å². The molecule has 3 rings (SSSR count). The number of hydrogen-bond donors (Lipinski definition) is 0. The number of likely N-dealkylation sites (tertiary alicyclic amines) is 1. The van der Waals surface area contributed by atoms with Crippen LogP contribution in [0.3, 0.4) is 0 Å². The maximum absolute atomic E-state index is 13.1. The number of piperidine rings is 1. The van der Waals surface area contributed by atoms with E-state index in [-0.39, 0.29) is 11.9 Å². The van der Waals surface area contributed by atoms with Crippen molar-refractivity contribution in [3.8, 4) is 0 Å². The molecule has 1 aliphatic heterocycles. The molecule has 0 unspecified atom stereocenters. The molecule has 1 aliphatic rings. The molecule has 6 heteroatoms. The van der Waals surface area contributed by atoms with Gasteiger partial charge in [-0.1, -0.05) is 12.2 Å². The molecule has 0 N–H and O–H groups in total. The van der Waals surface area contributed by atoms with Crippen molar-refractivity contribution < 1.29 is 4.79 Å². The molecule has 1 fully saturated rings. The zero-order valence-electron chi connectivity index (χ0n) is 16.3. The average Bonchev–Trinajstić information content (AvgIpc) is 3.19. The van der Waals surface area contributed by atoms with Gasteiger partial charge in [-0.05, 0) is 50.8 Å². The minimum absolute atomic E-state index is 0.0850. The molecule has 27 heavy (non-hydrogen) atoms. The normalized spacial score (nSPS) is 17.0. The fourth-order valence-electron chi connectivity index (χ4n) is 3.67. The molecule has 0 aliphatic carbocycles. The van der Waals surface area contributed by atoms with Gasteiger partial charge in [0.15, 0.2) is 0 Å². The third-order valence-electron chi connectivity index (χ3n) is 5.03. The Bertz CT molecular complexity index is 753. The second-order valence-electron chi connectivity index (χ2n) is 7.42. The molecule has 2 aromatic rings. The van der Waals surface area contributed by atoms with Gasteiger partial charge in [0.25, 0.3) is 5.91 Å². The van der Waals surface area contributed by atoms with Crippen molar-refractivity contribution in [1.29, 1.82) is 0 Å². The molecule has 0 aromatic carbocycles. The van der Waals surface area contributed by atoms with E-state index in [1.54, 1.807) is 12.4 Å². The van der Waals surface area contributed by atoms with Crippen LogP contribution < -0.4 is 4.90 Å². The zero-order chi connectivity index (χ0) is 19.2. The molecule has 144 valence electrons. The van der Waals surface area contributed by atoms with Gasteiger partial charge in [0.05, 0.1) is 5.56 Å². The molecule has 2 aromatic heterocycles. The molecule has 3 heterocycles. The van der Waals surface area contributed by atoms with Gasteiger partial charge in [0, 0.05) is 51.3 Å². The molecule has 0 radical (unpaired) electrons. The van der Waals surface area contributed by atoms with Crippen molar-refractivity contribution in [1.82, 2.24) is 19.7 Å². The van der Waals surface area contributed by atoms with E-state index < -0.39 is 0 Å². The summed E-state index contributed by atoms with van der Waals surface area (Å²) in [6, 6.07) is 6.00. The number of anilines is 1. The number of aryl methyl sites for hydroxylation is 1.